The number of anilines is 2. The number of H-pyrrole nitrogens is 1. The maximum atomic E-state index is 5.09. The fraction of sp³-hybridized carbons (Fsp3) is 0.308. The lowest BCUT2D eigenvalue weighted by Gasteiger charge is -2.18. The molecule has 3 aromatic heterocycles. The first-order valence-corrected chi connectivity index (χ1v) is 6.45. The minimum Gasteiger partial charge on any atom is -0.472 e. The number of fused-ring (bicyclic) bond motifs is 1. The van der Waals surface area contributed by atoms with Crippen molar-refractivity contribution in [2.45, 2.75) is 13.5 Å². The second kappa shape index (κ2) is 5.20. The monoisotopic (exact) mass is 272 g/mol. The third kappa shape index (κ3) is 2.29. The molecule has 0 atom stereocenters. The summed E-state index contributed by atoms with van der Waals surface area (Å²) >= 11 is 0. The molecule has 0 spiro atoms. The number of nitrogens with zero attached hydrogens (tertiary/aromatic N) is 4. The number of imidazole rings is 1. The van der Waals surface area contributed by atoms with Crippen LogP contribution in [0.3, 0.4) is 0 Å². The van der Waals surface area contributed by atoms with Gasteiger partial charge in [0.1, 0.15) is 5.52 Å². The van der Waals surface area contributed by atoms with Gasteiger partial charge in [-0.3, -0.25) is 0 Å². The molecule has 3 aromatic rings. The Labute approximate surface area is 116 Å². The highest BCUT2D eigenvalue weighted by Crippen LogP contribution is 2.23. The van der Waals surface area contributed by atoms with Gasteiger partial charge in [0.15, 0.2) is 11.5 Å². The maximum absolute atomic E-state index is 5.09. The van der Waals surface area contributed by atoms with Gasteiger partial charge in [-0.2, -0.15) is 9.97 Å². The number of furan rings is 1. The molecule has 104 valence electrons. The molecule has 2 N–H and O–H groups in total. The number of aromatic nitrogens is 4. The molecule has 0 radical (unpaired) electrons. The highest BCUT2D eigenvalue weighted by atomic mass is 16.3. The zero-order chi connectivity index (χ0) is 13.9. The van der Waals surface area contributed by atoms with E-state index in [1.807, 2.05) is 24.9 Å². The van der Waals surface area contributed by atoms with Crippen molar-refractivity contribution in [1.29, 1.82) is 0 Å². The Balaban J connectivity index is 1.97. The van der Waals surface area contributed by atoms with Crippen LogP contribution in [-0.2, 0) is 6.54 Å². The number of hydrogen-bond acceptors (Lipinski definition) is 6. The van der Waals surface area contributed by atoms with E-state index in [2.05, 4.69) is 25.3 Å². The zero-order valence-electron chi connectivity index (χ0n) is 11.4. The van der Waals surface area contributed by atoms with Crippen LogP contribution in [0.25, 0.3) is 11.2 Å². The molecule has 0 aromatic carbocycles. The second-order valence-electron chi connectivity index (χ2n) is 4.49. The van der Waals surface area contributed by atoms with E-state index in [-0.39, 0.29) is 0 Å². The summed E-state index contributed by atoms with van der Waals surface area (Å²) in [7, 11) is 1.98. The van der Waals surface area contributed by atoms with E-state index in [1.165, 1.54) is 0 Å². The van der Waals surface area contributed by atoms with Crippen LogP contribution < -0.4 is 10.2 Å². The van der Waals surface area contributed by atoms with Crippen LogP contribution in [-0.4, -0.2) is 33.5 Å². The van der Waals surface area contributed by atoms with Gasteiger partial charge in [-0.05, 0) is 13.0 Å². The van der Waals surface area contributed by atoms with E-state index in [4.69, 9.17) is 4.42 Å². The minimum absolute atomic E-state index is 0.584. The predicted octanol–water partition coefficient (Wildman–Crippen LogP) is 2.01. The van der Waals surface area contributed by atoms with Gasteiger partial charge in [-0.15, -0.1) is 0 Å². The number of hydrogen-bond donors (Lipinski definition) is 2. The molecule has 0 unspecified atom stereocenters. The smallest absolute Gasteiger partial charge is 0.226 e. The van der Waals surface area contributed by atoms with Gasteiger partial charge in [-0.1, -0.05) is 0 Å². The van der Waals surface area contributed by atoms with E-state index >= 15 is 0 Å². The molecule has 0 fully saturated rings. The van der Waals surface area contributed by atoms with Crippen molar-refractivity contribution < 1.29 is 4.42 Å². The molecule has 20 heavy (non-hydrogen) atoms. The zero-order valence-corrected chi connectivity index (χ0v) is 11.4. The van der Waals surface area contributed by atoms with Crippen molar-refractivity contribution in [3.63, 3.8) is 0 Å². The number of rotatable bonds is 5. The van der Waals surface area contributed by atoms with Crippen molar-refractivity contribution in [2.75, 3.05) is 23.8 Å². The van der Waals surface area contributed by atoms with Crippen LogP contribution in [0, 0.1) is 0 Å². The first-order valence-electron chi connectivity index (χ1n) is 6.45. The van der Waals surface area contributed by atoms with E-state index in [1.54, 1.807) is 18.9 Å². The topological polar surface area (TPSA) is 82.9 Å². The van der Waals surface area contributed by atoms with Crippen LogP contribution in [0.1, 0.15) is 12.5 Å². The number of aromatic amines is 1. The van der Waals surface area contributed by atoms with Crippen LogP contribution >= 0.6 is 0 Å². The van der Waals surface area contributed by atoms with E-state index in [0.717, 1.165) is 23.4 Å². The Morgan fingerprint density at radius 1 is 1.40 bits per heavy atom. The first kappa shape index (κ1) is 12.5. The SMILES string of the molecule is CCNc1nc(N(C)Cc2ccoc2)c2[nH]cnc2n1. The highest BCUT2D eigenvalue weighted by molar-refractivity contribution is 5.84. The molecule has 3 heterocycles. The molecule has 0 bridgehead atoms. The Morgan fingerprint density at radius 3 is 3.05 bits per heavy atom. The summed E-state index contributed by atoms with van der Waals surface area (Å²) in [6.07, 6.45) is 5.02. The standard InChI is InChI=1S/C13H16N6O/c1-3-14-13-17-11-10(15-8-16-11)12(18-13)19(2)6-9-4-5-20-7-9/h4-5,7-8H,3,6H2,1-2H3,(H2,14,15,16,17,18). The van der Waals surface area contributed by atoms with Gasteiger partial charge in [0.05, 0.1) is 18.9 Å². The highest BCUT2D eigenvalue weighted by Gasteiger charge is 2.14. The summed E-state index contributed by atoms with van der Waals surface area (Å²) in [6, 6.07) is 1.94. The molecule has 0 aliphatic heterocycles. The summed E-state index contributed by atoms with van der Waals surface area (Å²) in [6.45, 7) is 3.47. The molecule has 0 aliphatic rings. The lowest BCUT2D eigenvalue weighted by molar-refractivity contribution is 0.563. The van der Waals surface area contributed by atoms with E-state index in [0.29, 0.717) is 18.1 Å². The molecule has 0 amide bonds. The van der Waals surface area contributed by atoms with Crippen molar-refractivity contribution in [2.24, 2.45) is 0 Å². The summed E-state index contributed by atoms with van der Waals surface area (Å²) in [4.78, 5) is 18.2. The quantitative estimate of drug-likeness (QED) is 0.739. The lowest BCUT2D eigenvalue weighted by Crippen LogP contribution is -2.19. The average Bonchev–Trinajstić information content (AvgIpc) is 3.08. The van der Waals surface area contributed by atoms with Gasteiger partial charge >= 0.3 is 0 Å². The summed E-state index contributed by atoms with van der Waals surface area (Å²) < 4.78 is 5.09. The van der Waals surface area contributed by atoms with Crippen LogP contribution in [0.15, 0.2) is 29.3 Å². The van der Waals surface area contributed by atoms with Gasteiger partial charge in [0.2, 0.25) is 5.95 Å². The van der Waals surface area contributed by atoms with Gasteiger partial charge in [0, 0.05) is 25.7 Å². The maximum Gasteiger partial charge on any atom is 0.226 e. The van der Waals surface area contributed by atoms with Crippen LogP contribution in [0.5, 0.6) is 0 Å². The Bertz CT molecular complexity index is 690. The third-order valence-corrected chi connectivity index (χ3v) is 2.96. The summed E-state index contributed by atoms with van der Waals surface area (Å²) in [5, 5.41) is 3.12. The van der Waals surface area contributed by atoms with Gasteiger partial charge < -0.3 is 19.6 Å². The van der Waals surface area contributed by atoms with E-state index < -0.39 is 0 Å². The summed E-state index contributed by atoms with van der Waals surface area (Å²) in [5.41, 5.74) is 2.58. The molecule has 7 heteroatoms. The van der Waals surface area contributed by atoms with Crippen molar-refractivity contribution in [3.8, 4) is 0 Å². The molecule has 0 aliphatic carbocycles. The normalized spacial score (nSPS) is 10.9. The molecular weight excluding hydrogens is 256 g/mol. The van der Waals surface area contributed by atoms with Crippen molar-refractivity contribution >= 4 is 22.9 Å². The van der Waals surface area contributed by atoms with Crippen molar-refractivity contribution in [1.82, 2.24) is 19.9 Å². The largest absolute Gasteiger partial charge is 0.472 e. The summed E-state index contributed by atoms with van der Waals surface area (Å²) in [5.74, 6) is 1.39. The fourth-order valence-corrected chi connectivity index (χ4v) is 2.06. The second-order valence-corrected chi connectivity index (χ2v) is 4.49. The molecule has 0 saturated carbocycles. The fourth-order valence-electron chi connectivity index (χ4n) is 2.06. The van der Waals surface area contributed by atoms with Crippen LogP contribution in [0.4, 0.5) is 11.8 Å². The average molecular weight is 272 g/mol. The van der Waals surface area contributed by atoms with Crippen molar-refractivity contribution in [3.05, 3.63) is 30.5 Å². The predicted molar refractivity (Wildman–Crippen MR) is 76.7 cm³/mol. The Hall–Kier alpha value is -2.57. The Kier molecular flexibility index (Phi) is 3.24. The molecule has 3 rings (SSSR count). The molecule has 0 saturated heterocycles. The first-order chi connectivity index (χ1) is 9.78. The Morgan fingerprint density at radius 2 is 2.30 bits per heavy atom. The minimum atomic E-state index is 0.584. The third-order valence-electron chi connectivity index (χ3n) is 2.96. The number of nitrogens with one attached hydrogen (secondary N) is 2. The van der Waals surface area contributed by atoms with Gasteiger partial charge in [-0.25, -0.2) is 4.98 Å². The van der Waals surface area contributed by atoms with Crippen LogP contribution in [0.2, 0.25) is 0 Å². The molecular formula is C13H16N6O. The molecule has 7 nitrogen and oxygen atoms in total. The van der Waals surface area contributed by atoms with E-state index in [9.17, 15) is 0 Å². The lowest BCUT2D eigenvalue weighted by atomic mass is 10.3. The van der Waals surface area contributed by atoms with Gasteiger partial charge in [0.25, 0.3) is 0 Å².